The summed E-state index contributed by atoms with van der Waals surface area (Å²) in [5.41, 5.74) is -0.213. The van der Waals surface area contributed by atoms with Crippen molar-refractivity contribution in [1.29, 1.82) is 0 Å². The predicted molar refractivity (Wildman–Crippen MR) is 31.2 cm³/mol. The van der Waals surface area contributed by atoms with E-state index in [1.165, 1.54) is 4.57 Å². The van der Waals surface area contributed by atoms with Gasteiger partial charge in [-0.3, -0.25) is 9.67 Å². The average molecular weight is 131 g/mol. The molecule has 0 amide bonds. The fourth-order valence-corrected chi connectivity index (χ4v) is 0.501. The van der Waals surface area contributed by atoms with Crippen LogP contribution in [0.1, 0.15) is 0 Å². The van der Waals surface area contributed by atoms with Crippen LogP contribution in [-0.4, -0.2) is 14.8 Å². The summed E-state index contributed by atoms with van der Waals surface area (Å²) in [6, 6.07) is 0. The number of aromatic nitrogens is 3. The highest BCUT2D eigenvalue weighted by Crippen LogP contribution is 1.70. The minimum Gasteiger partial charge on any atom is -0.272 e. The second kappa shape index (κ2) is 1.59. The summed E-state index contributed by atoms with van der Waals surface area (Å²) in [5, 5.41) is 4.79. The van der Waals surface area contributed by atoms with Gasteiger partial charge in [0, 0.05) is 7.05 Å². The molecule has 0 saturated carbocycles. The molecule has 1 aromatic rings. The molecule has 0 aliphatic heterocycles. The van der Waals surface area contributed by atoms with E-state index < -0.39 is 0 Å². The molecule has 44 valence electrons. The third kappa shape index (κ3) is 0.604. The number of rotatable bonds is 0. The van der Waals surface area contributed by atoms with Crippen molar-refractivity contribution in [2.45, 2.75) is 0 Å². The molecule has 0 aliphatic carbocycles. The van der Waals surface area contributed by atoms with E-state index in [1.807, 2.05) is 0 Å². The molecule has 1 heterocycles. The van der Waals surface area contributed by atoms with Gasteiger partial charge in [0.15, 0.2) is 4.77 Å². The number of H-pyrrole nitrogens is 2. The maximum atomic E-state index is 10.4. The van der Waals surface area contributed by atoms with E-state index in [0.29, 0.717) is 4.77 Å². The first-order chi connectivity index (χ1) is 3.72. The third-order valence-corrected chi connectivity index (χ3v) is 1.26. The van der Waals surface area contributed by atoms with Crippen molar-refractivity contribution >= 4 is 12.2 Å². The molecule has 5 heteroatoms. The Morgan fingerprint density at radius 3 is 2.38 bits per heavy atom. The fourth-order valence-electron chi connectivity index (χ4n) is 0.367. The van der Waals surface area contributed by atoms with Crippen molar-refractivity contribution in [2.75, 3.05) is 0 Å². The van der Waals surface area contributed by atoms with Crippen molar-refractivity contribution in [3.63, 3.8) is 0 Å². The number of nitrogens with one attached hydrogen (secondary N) is 2. The topological polar surface area (TPSA) is 53.6 Å². The summed E-state index contributed by atoms with van der Waals surface area (Å²) in [6.45, 7) is 0. The van der Waals surface area contributed by atoms with Crippen molar-refractivity contribution < 1.29 is 0 Å². The van der Waals surface area contributed by atoms with Crippen LogP contribution in [0.4, 0.5) is 0 Å². The molecular weight excluding hydrogens is 126 g/mol. The van der Waals surface area contributed by atoms with Gasteiger partial charge in [0.1, 0.15) is 0 Å². The van der Waals surface area contributed by atoms with Crippen LogP contribution in [0.25, 0.3) is 0 Å². The van der Waals surface area contributed by atoms with Gasteiger partial charge in [-0.2, -0.15) is 0 Å². The second-order valence-electron chi connectivity index (χ2n) is 1.42. The van der Waals surface area contributed by atoms with Gasteiger partial charge in [-0.25, -0.2) is 9.89 Å². The standard InChI is InChI=1S/C3H5N3OS/c1-6-2(7)4-5-3(6)8/h1H3,(H,4,7)(H,5,8). The zero-order valence-electron chi connectivity index (χ0n) is 4.26. The van der Waals surface area contributed by atoms with Gasteiger partial charge in [-0.05, 0) is 12.2 Å². The highest BCUT2D eigenvalue weighted by atomic mass is 32.1. The van der Waals surface area contributed by atoms with Crippen LogP contribution in [0.15, 0.2) is 4.79 Å². The molecule has 0 atom stereocenters. The maximum absolute atomic E-state index is 10.4. The molecule has 0 saturated heterocycles. The molecule has 0 aromatic carbocycles. The number of aromatic amines is 2. The van der Waals surface area contributed by atoms with Crippen LogP contribution in [0.2, 0.25) is 0 Å². The van der Waals surface area contributed by atoms with Crippen molar-refractivity contribution in [3.05, 3.63) is 15.3 Å². The zero-order chi connectivity index (χ0) is 6.15. The lowest BCUT2D eigenvalue weighted by Gasteiger charge is -1.76. The van der Waals surface area contributed by atoms with Gasteiger partial charge >= 0.3 is 5.69 Å². The maximum Gasteiger partial charge on any atom is 0.342 e. The summed E-state index contributed by atoms with van der Waals surface area (Å²) in [6.07, 6.45) is 0. The van der Waals surface area contributed by atoms with Gasteiger partial charge in [0.25, 0.3) is 0 Å². The highest BCUT2D eigenvalue weighted by Gasteiger charge is 1.87. The Hall–Kier alpha value is -0.840. The van der Waals surface area contributed by atoms with Crippen LogP contribution in [0.3, 0.4) is 0 Å². The van der Waals surface area contributed by atoms with E-state index >= 15 is 0 Å². The van der Waals surface area contributed by atoms with Gasteiger partial charge < -0.3 is 0 Å². The quantitative estimate of drug-likeness (QED) is 0.478. The van der Waals surface area contributed by atoms with Gasteiger partial charge in [0.05, 0.1) is 0 Å². The van der Waals surface area contributed by atoms with E-state index in [1.54, 1.807) is 7.05 Å². The SMILES string of the molecule is Cn1c(=O)[nH][nH]c1=S. The lowest BCUT2D eigenvalue weighted by atomic mass is 11.1. The largest absolute Gasteiger partial charge is 0.342 e. The normalized spacial score (nSPS) is 9.62. The van der Waals surface area contributed by atoms with Crippen molar-refractivity contribution in [2.24, 2.45) is 7.05 Å². The summed E-state index contributed by atoms with van der Waals surface area (Å²) >= 11 is 4.65. The monoisotopic (exact) mass is 131 g/mol. The molecule has 8 heavy (non-hydrogen) atoms. The van der Waals surface area contributed by atoms with Crippen LogP contribution in [0, 0.1) is 4.77 Å². The molecule has 0 unspecified atom stereocenters. The fraction of sp³-hybridized carbons (Fsp3) is 0.333. The molecule has 4 nitrogen and oxygen atoms in total. The molecule has 0 radical (unpaired) electrons. The Bertz CT molecular complexity index is 252. The molecule has 0 bridgehead atoms. The van der Waals surface area contributed by atoms with Crippen LogP contribution < -0.4 is 5.69 Å². The Balaban J connectivity index is 3.66. The minimum absolute atomic E-state index is 0.213. The van der Waals surface area contributed by atoms with Gasteiger partial charge in [0.2, 0.25) is 0 Å². The van der Waals surface area contributed by atoms with Gasteiger partial charge in [-0.15, -0.1) is 0 Å². The Morgan fingerprint density at radius 1 is 1.62 bits per heavy atom. The van der Waals surface area contributed by atoms with Crippen molar-refractivity contribution in [1.82, 2.24) is 14.8 Å². The molecule has 0 spiro atoms. The van der Waals surface area contributed by atoms with E-state index in [-0.39, 0.29) is 5.69 Å². The first-order valence-corrected chi connectivity index (χ1v) is 2.46. The minimum atomic E-state index is -0.213. The summed E-state index contributed by atoms with van der Waals surface area (Å²) in [7, 11) is 1.59. The molecule has 0 aliphatic rings. The summed E-state index contributed by atoms with van der Waals surface area (Å²) < 4.78 is 1.73. The molecule has 1 rings (SSSR count). The third-order valence-electron chi connectivity index (χ3n) is 0.886. The van der Waals surface area contributed by atoms with E-state index in [4.69, 9.17) is 0 Å². The smallest absolute Gasteiger partial charge is 0.272 e. The van der Waals surface area contributed by atoms with Crippen molar-refractivity contribution in [3.8, 4) is 0 Å². The van der Waals surface area contributed by atoms with E-state index in [2.05, 4.69) is 22.4 Å². The lowest BCUT2D eigenvalue weighted by Crippen LogP contribution is -2.11. The molecule has 2 N–H and O–H groups in total. The number of hydrogen-bond donors (Lipinski definition) is 2. The Kier molecular flexibility index (Phi) is 1.05. The van der Waals surface area contributed by atoms with Gasteiger partial charge in [-0.1, -0.05) is 0 Å². The summed E-state index contributed by atoms with van der Waals surface area (Å²) in [4.78, 5) is 10.4. The number of nitrogens with zero attached hydrogens (tertiary/aromatic N) is 1. The zero-order valence-corrected chi connectivity index (χ0v) is 5.08. The van der Waals surface area contributed by atoms with Crippen LogP contribution >= 0.6 is 12.2 Å². The van der Waals surface area contributed by atoms with Crippen LogP contribution in [-0.2, 0) is 7.05 Å². The predicted octanol–water partition coefficient (Wildman–Crippen LogP) is -0.229. The van der Waals surface area contributed by atoms with E-state index in [0.717, 1.165) is 0 Å². The lowest BCUT2D eigenvalue weighted by molar-refractivity contribution is 0.850. The first-order valence-electron chi connectivity index (χ1n) is 2.05. The summed E-state index contributed by atoms with van der Waals surface area (Å²) in [5.74, 6) is 0. The molecule has 0 fully saturated rings. The molecular formula is C3H5N3OS. The Labute approximate surface area is 50.1 Å². The van der Waals surface area contributed by atoms with E-state index in [9.17, 15) is 4.79 Å². The highest BCUT2D eigenvalue weighted by molar-refractivity contribution is 7.71. The number of hydrogen-bond acceptors (Lipinski definition) is 2. The average Bonchev–Trinajstić information content (AvgIpc) is 1.98. The first kappa shape index (κ1) is 5.30. The second-order valence-corrected chi connectivity index (χ2v) is 1.81. The Morgan fingerprint density at radius 2 is 2.25 bits per heavy atom. The van der Waals surface area contributed by atoms with Crippen LogP contribution in [0.5, 0.6) is 0 Å². The molecule has 1 aromatic heterocycles.